The molecule has 6 rings (SSSR count). The summed E-state index contributed by atoms with van der Waals surface area (Å²) >= 11 is 0. The fourth-order valence-corrected chi connectivity index (χ4v) is 7.63. The van der Waals surface area contributed by atoms with Gasteiger partial charge in [-0.15, -0.1) is 0 Å². The number of imidazole rings is 1. The van der Waals surface area contributed by atoms with Crippen LogP contribution in [-0.4, -0.2) is 88.7 Å². The lowest BCUT2D eigenvalue weighted by molar-refractivity contribution is -0.148. The molecule has 3 aromatic rings. The average molecular weight is 767 g/mol. The molecule has 12 heteroatoms. The minimum absolute atomic E-state index is 0.0330. The average Bonchev–Trinajstić information content (AvgIpc) is 4.02. The highest BCUT2D eigenvalue weighted by Gasteiger charge is 2.39. The molecule has 1 aromatic heterocycles. The van der Waals surface area contributed by atoms with Gasteiger partial charge >= 0.3 is 12.1 Å². The number of nitrogens with one attached hydrogen (secondary N) is 2. The molecule has 4 atom stereocenters. The molecule has 2 N–H and O–H groups in total. The Labute approximate surface area is 331 Å². The molecule has 0 spiro atoms. The molecule has 12 nitrogen and oxygen atoms in total. The van der Waals surface area contributed by atoms with E-state index in [0.717, 1.165) is 61.4 Å². The maximum absolute atomic E-state index is 13.2. The summed E-state index contributed by atoms with van der Waals surface area (Å²) in [5, 5.41) is 2.67. The van der Waals surface area contributed by atoms with E-state index < -0.39 is 12.1 Å². The van der Waals surface area contributed by atoms with Gasteiger partial charge in [0.15, 0.2) is 0 Å². The molecular weight excluding hydrogens is 709 g/mol. The Morgan fingerprint density at radius 1 is 0.804 bits per heavy atom. The number of carbonyl (C=O) groups excluding carboxylic acids is 4. The lowest BCUT2D eigenvalue weighted by Crippen LogP contribution is -2.51. The van der Waals surface area contributed by atoms with Crippen LogP contribution in [0, 0.1) is 31.6 Å². The van der Waals surface area contributed by atoms with Gasteiger partial charge in [0.05, 0.1) is 50.5 Å². The molecule has 0 radical (unpaired) electrons. The van der Waals surface area contributed by atoms with Crippen molar-refractivity contribution in [2.75, 3.05) is 27.3 Å². The summed E-state index contributed by atoms with van der Waals surface area (Å²) in [5.74, 6) is 0.0867. The Morgan fingerprint density at radius 2 is 1.39 bits per heavy atom. The molecule has 3 amide bonds. The summed E-state index contributed by atoms with van der Waals surface area (Å²) in [5.41, 5.74) is 7.88. The Kier molecular flexibility index (Phi) is 14.3. The number of carbonyl (C=O) groups is 4. The zero-order valence-corrected chi connectivity index (χ0v) is 34.1. The first-order valence-corrected chi connectivity index (χ1v) is 19.8. The molecule has 3 aliphatic rings. The van der Waals surface area contributed by atoms with Crippen molar-refractivity contribution >= 4 is 35.2 Å². The van der Waals surface area contributed by atoms with Gasteiger partial charge in [-0.3, -0.25) is 19.4 Å². The normalized spacial score (nSPS) is 18.9. The van der Waals surface area contributed by atoms with Crippen LogP contribution in [0.1, 0.15) is 94.8 Å². The first kappa shape index (κ1) is 41.9. The second-order valence-corrected chi connectivity index (χ2v) is 15.7. The number of aromatic nitrogens is 2. The molecule has 3 aliphatic heterocycles. The van der Waals surface area contributed by atoms with Crippen molar-refractivity contribution in [2.24, 2.45) is 22.7 Å². The number of hydrogen-bond acceptors (Lipinski definition) is 8. The van der Waals surface area contributed by atoms with E-state index in [9.17, 15) is 19.2 Å². The zero-order valence-electron chi connectivity index (χ0n) is 34.1. The second kappa shape index (κ2) is 19.1. The second-order valence-electron chi connectivity index (χ2n) is 15.7. The third-order valence-electron chi connectivity index (χ3n) is 11.0. The first-order chi connectivity index (χ1) is 26.8. The Morgan fingerprint density at radius 3 is 1.96 bits per heavy atom. The van der Waals surface area contributed by atoms with E-state index in [2.05, 4.69) is 87.4 Å². The number of nitrogens with zero attached hydrogens (tertiary/aromatic N) is 4. The predicted molar refractivity (Wildman–Crippen MR) is 218 cm³/mol. The number of esters is 1. The minimum Gasteiger partial charge on any atom is -0.469 e. The maximum atomic E-state index is 13.2. The number of aryl methyl sites for hydroxylation is 2. The van der Waals surface area contributed by atoms with Crippen LogP contribution in [0.4, 0.5) is 4.79 Å². The highest BCUT2D eigenvalue weighted by atomic mass is 16.5. The van der Waals surface area contributed by atoms with E-state index >= 15 is 0 Å². The van der Waals surface area contributed by atoms with Gasteiger partial charge in [-0.05, 0) is 68.1 Å². The van der Waals surface area contributed by atoms with E-state index in [1.165, 1.54) is 36.5 Å². The minimum atomic E-state index is -0.625. The van der Waals surface area contributed by atoms with E-state index in [0.29, 0.717) is 6.54 Å². The van der Waals surface area contributed by atoms with Crippen molar-refractivity contribution in [3.63, 3.8) is 0 Å². The first-order valence-electron chi connectivity index (χ1n) is 19.8. The summed E-state index contributed by atoms with van der Waals surface area (Å²) in [6.07, 6.45) is 7.72. The van der Waals surface area contributed by atoms with Crippen molar-refractivity contribution in [2.45, 2.75) is 98.2 Å². The fraction of sp³-hybridized carbons (Fsp3) is 0.500. The van der Waals surface area contributed by atoms with Gasteiger partial charge in [0, 0.05) is 31.4 Å². The number of methoxy groups -OCH3 is 2. The number of likely N-dealkylation sites (tertiary alicyclic amines) is 2. The number of benzene rings is 2. The molecule has 2 aromatic carbocycles. The van der Waals surface area contributed by atoms with Gasteiger partial charge < -0.3 is 29.6 Å². The third-order valence-corrected chi connectivity index (χ3v) is 11.0. The van der Waals surface area contributed by atoms with Gasteiger partial charge in [-0.2, -0.15) is 0 Å². The van der Waals surface area contributed by atoms with Crippen LogP contribution in [0.25, 0.3) is 16.8 Å². The fourth-order valence-electron chi connectivity index (χ4n) is 7.63. The SMILES string of the molecule is COC(=O)C[C@H](C(=O)N1CCC[C@H]1C1=NC=C(c2ccc(C)cc2)C1)C(C)C.COC(=O)N[C@H](C(=O)N1CCC[C@H]1c1ncc(-c2ccc(C)cc2)[nH]1)C(C)C. The predicted octanol–water partition coefficient (Wildman–Crippen LogP) is 7.44. The molecule has 0 aliphatic carbocycles. The van der Waals surface area contributed by atoms with Gasteiger partial charge in [0.25, 0.3) is 0 Å². The number of H-pyrrole nitrogens is 1. The van der Waals surface area contributed by atoms with Crippen LogP contribution in [-0.2, 0) is 23.9 Å². The number of allylic oxidation sites excluding steroid dienone is 1. The van der Waals surface area contributed by atoms with Crippen molar-refractivity contribution < 1.29 is 28.7 Å². The number of rotatable bonds is 11. The van der Waals surface area contributed by atoms with Crippen LogP contribution in [0.2, 0.25) is 0 Å². The molecule has 56 heavy (non-hydrogen) atoms. The number of aromatic amines is 1. The molecule has 300 valence electrons. The Bertz CT molecular complexity index is 1900. The summed E-state index contributed by atoms with van der Waals surface area (Å²) in [6, 6.07) is 16.0. The monoisotopic (exact) mass is 766 g/mol. The molecule has 0 saturated carbocycles. The number of alkyl carbamates (subject to hydrolysis) is 1. The number of aliphatic imine (C=N–C) groups is 1. The lowest BCUT2D eigenvalue weighted by Gasteiger charge is -2.30. The van der Waals surface area contributed by atoms with E-state index in [-0.39, 0.29) is 54.0 Å². The van der Waals surface area contributed by atoms with Crippen molar-refractivity contribution in [1.82, 2.24) is 25.1 Å². The molecule has 2 saturated heterocycles. The van der Waals surface area contributed by atoms with Gasteiger partial charge in [0.2, 0.25) is 11.8 Å². The number of hydrogen-bond donors (Lipinski definition) is 2. The standard InChI is InChI=1S/C23H30N2O3.C21H28N4O3/c1-15(2)19(13-22(26)28-4)23(27)25-11-5-6-21(25)20-12-18(14-24-20)17-9-7-16(3)8-10-17;1-13(2)18(24-21(27)28-4)20(26)25-11-5-6-17(25)19-22-12-16(23-19)15-9-7-14(3)8-10-15/h7-10,14-15,19,21H,5-6,11-13H2,1-4H3;7-10,12-13,17-18H,5-6,11H2,1-4H3,(H,22,23)(H,24,27)/t19-,21-;17-,18-/m00/s1. The number of ether oxygens (including phenoxy) is 2. The van der Waals surface area contributed by atoms with Crippen molar-refractivity contribution in [1.29, 1.82) is 0 Å². The summed E-state index contributed by atoms with van der Waals surface area (Å²) < 4.78 is 9.48. The van der Waals surface area contributed by atoms with Gasteiger partial charge in [-0.1, -0.05) is 87.4 Å². The third kappa shape index (κ3) is 10.1. The molecule has 0 unspecified atom stereocenters. The maximum Gasteiger partial charge on any atom is 0.407 e. The van der Waals surface area contributed by atoms with Crippen LogP contribution >= 0.6 is 0 Å². The smallest absolute Gasteiger partial charge is 0.407 e. The van der Waals surface area contributed by atoms with E-state index in [1.54, 1.807) is 0 Å². The molecule has 0 bridgehead atoms. The molecule has 4 heterocycles. The summed E-state index contributed by atoms with van der Waals surface area (Å²) in [7, 11) is 2.67. The Hall–Kier alpha value is -5.26. The van der Waals surface area contributed by atoms with E-state index in [1.807, 2.05) is 49.9 Å². The molecular formula is C44H58N6O6. The highest BCUT2D eigenvalue weighted by Crippen LogP contribution is 2.34. The quantitative estimate of drug-likeness (QED) is 0.193. The summed E-state index contributed by atoms with van der Waals surface area (Å²) in [4.78, 5) is 66.2. The van der Waals surface area contributed by atoms with Crippen LogP contribution in [0.5, 0.6) is 0 Å². The lowest BCUT2D eigenvalue weighted by atomic mass is 9.90. The topological polar surface area (TPSA) is 146 Å². The summed E-state index contributed by atoms with van der Waals surface area (Å²) in [6.45, 7) is 13.3. The number of amides is 3. The van der Waals surface area contributed by atoms with Crippen LogP contribution in [0.15, 0.2) is 65.9 Å². The van der Waals surface area contributed by atoms with Crippen molar-refractivity contribution in [3.05, 3.63) is 83.4 Å². The zero-order chi connectivity index (χ0) is 40.5. The van der Waals surface area contributed by atoms with Crippen LogP contribution in [0.3, 0.4) is 0 Å². The van der Waals surface area contributed by atoms with Crippen molar-refractivity contribution in [3.8, 4) is 11.3 Å². The van der Waals surface area contributed by atoms with E-state index in [4.69, 9.17) is 4.74 Å². The van der Waals surface area contributed by atoms with Crippen LogP contribution < -0.4 is 5.32 Å². The molecule has 2 fully saturated rings. The highest BCUT2D eigenvalue weighted by molar-refractivity contribution is 6.03. The van der Waals surface area contributed by atoms with Gasteiger partial charge in [0.1, 0.15) is 11.9 Å². The van der Waals surface area contributed by atoms with Gasteiger partial charge in [-0.25, -0.2) is 9.78 Å². The Balaban J connectivity index is 0.000000214. The largest absolute Gasteiger partial charge is 0.469 e.